The number of benzene rings is 3. The van der Waals surface area contributed by atoms with Gasteiger partial charge in [-0.3, -0.25) is 4.79 Å². The molecule has 7 heteroatoms. The predicted molar refractivity (Wildman–Crippen MR) is 150 cm³/mol. The third kappa shape index (κ3) is 4.63. The van der Waals surface area contributed by atoms with Crippen LogP contribution in [0.3, 0.4) is 0 Å². The number of carbonyl (C=O) groups is 1. The lowest BCUT2D eigenvalue weighted by atomic mass is 9.93. The zero-order valence-corrected chi connectivity index (χ0v) is 21.6. The van der Waals surface area contributed by atoms with Crippen LogP contribution in [0.2, 0.25) is 0 Å². The standard InChI is InChI=1S/C32H27N3O4/c1-20-29(34-28-8-4-7-27(33-28)24-5-3-6-26(19-24)38-2)30(39-35-20)23-11-9-21(10-12-23)22-13-15-25(16-14-22)32(17-18-32)31(36)37/h3-16,19H,17-18H2,1-2H3,(H,33,34)(H,36,37). The second-order valence-electron chi connectivity index (χ2n) is 9.78. The number of pyridine rings is 1. The highest BCUT2D eigenvalue weighted by atomic mass is 16.5. The number of ether oxygens (including phenoxy) is 1. The minimum atomic E-state index is -0.742. The molecular formula is C32H27N3O4. The molecule has 1 saturated carbocycles. The second kappa shape index (κ2) is 9.76. The van der Waals surface area contributed by atoms with Crippen molar-refractivity contribution in [2.75, 3.05) is 12.4 Å². The van der Waals surface area contributed by atoms with Gasteiger partial charge in [0.25, 0.3) is 0 Å². The van der Waals surface area contributed by atoms with Crippen molar-refractivity contribution in [3.63, 3.8) is 0 Å². The molecule has 7 nitrogen and oxygen atoms in total. The van der Waals surface area contributed by atoms with Crippen molar-refractivity contribution < 1.29 is 19.2 Å². The number of rotatable bonds is 8. The van der Waals surface area contributed by atoms with E-state index in [2.05, 4.69) is 10.5 Å². The van der Waals surface area contributed by atoms with Crippen molar-refractivity contribution in [1.82, 2.24) is 10.1 Å². The molecule has 3 aromatic carbocycles. The molecule has 39 heavy (non-hydrogen) atoms. The normalized spacial score (nSPS) is 13.6. The molecule has 6 rings (SSSR count). The molecule has 0 unspecified atom stereocenters. The van der Waals surface area contributed by atoms with Gasteiger partial charge in [-0.1, -0.05) is 71.9 Å². The zero-order valence-electron chi connectivity index (χ0n) is 21.6. The average molecular weight is 518 g/mol. The van der Waals surface area contributed by atoms with Crippen LogP contribution in [0, 0.1) is 6.92 Å². The first kappa shape index (κ1) is 24.4. The van der Waals surface area contributed by atoms with Crippen molar-refractivity contribution in [3.8, 4) is 39.5 Å². The number of nitrogens with one attached hydrogen (secondary N) is 1. The molecule has 0 bridgehead atoms. The van der Waals surface area contributed by atoms with E-state index in [0.717, 1.165) is 50.6 Å². The van der Waals surface area contributed by atoms with Gasteiger partial charge in [0.05, 0.1) is 18.2 Å². The highest BCUT2D eigenvalue weighted by Gasteiger charge is 2.51. The molecule has 1 aliphatic carbocycles. The monoisotopic (exact) mass is 517 g/mol. The van der Waals surface area contributed by atoms with Gasteiger partial charge >= 0.3 is 5.97 Å². The number of anilines is 2. The third-order valence-electron chi connectivity index (χ3n) is 7.31. The first-order valence-electron chi connectivity index (χ1n) is 12.8. The summed E-state index contributed by atoms with van der Waals surface area (Å²) in [6.07, 6.45) is 1.40. The number of hydrogen-bond acceptors (Lipinski definition) is 6. The van der Waals surface area contributed by atoms with Crippen LogP contribution in [0.25, 0.3) is 33.7 Å². The summed E-state index contributed by atoms with van der Waals surface area (Å²) in [5, 5.41) is 17.1. The number of methoxy groups -OCH3 is 1. The minimum Gasteiger partial charge on any atom is -0.497 e. The molecule has 1 aliphatic rings. The Labute approximate surface area is 226 Å². The van der Waals surface area contributed by atoms with Gasteiger partial charge in [-0.15, -0.1) is 0 Å². The van der Waals surface area contributed by atoms with E-state index < -0.39 is 11.4 Å². The van der Waals surface area contributed by atoms with Gasteiger partial charge in [-0.2, -0.15) is 0 Å². The summed E-state index contributed by atoms with van der Waals surface area (Å²) in [4.78, 5) is 16.4. The highest BCUT2D eigenvalue weighted by molar-refractivity contribution is 5.85. The van der Waals surface area contributed by atoms with Crippen LogP contribution in [0.5, 0.6) is 5.75 Å². The molecular weight excluding hydrogens is 490 g/mol. The van der Waals surface area contributed by atoms with Gasteiger partial charge < -0.3 is 19.7 Å². The number of carboxylic acids is 1. The van der Waals surface area contributed by atoms with E-state index in [-0.39, 0.29) is 0 Å². The molecule has 1 fully saturated rings. The number of hydrogen-bond donors (Lipinski definition) is 2. The summed E-state index contributed by atoms with van der Waals surface area (Å²) in [7, 11) is 1.65. The van der Waals surface area contributed by atoms with Crippen LogP contribution in [0.1, 0.15) is 24.1 Å². The summed E-state index contributed by atoms with van der Waals surface area (Å²) in [6.45, 7) is 1.89. The van der Waals surface area contributed by atoms with Crippen LogP contribution in [0.4, 0.5) is 11.5 Å². The van der Waals surface area contributed by atoms with E-state index in [1.807, 2.05) is 97.9 Å². The van der Waals surface area contributed by atoms with Crippen LogP contribution >= 0.6 is 0 Å². The molecule has 0 radical (unpaired) electrons. The Balaban J connectivity index is 1.23. The van der Waals surface area contributed by atoms with E-state index in [1.54, 1.807) is 7.11 Å². The quantitative estimate of drug-likeness (QED) is 0.224. The fourth-order valence-corrected chi connectivity index (χ4v) is 4.84. The largest absolute Gasteiger partial charge is 0.497 e. The molecule has 0 spiro atoms. The van der Waals surface area contributed by atoms with Crippen molar-refractivity contribution in [2.45, 2.75) is 25.2 Å². The van der Waals surface area contributed by atoms with Crippen LogP contribution in [-0.4, -0.2) is 28.3 Å². The van der Waals surface area contributed by atoms with Crippen molar-refractivity contribution in [3.05, 3.63) is 102 Å². The Morgan fingerprint density at radius 1 is 0.897 bits per heavy atom. The summed E-state index contributed by atoms with van der Waals surface area (Å²) in [5.41, 5.74) is 6.37. The Kier molecular flexibility index (Phi) is 6.11. The Bertz CT molecular complexity index is 1650. The lowest BCUT2D eigenvalue weighted by molar-refractivity contribution is -0.140. The smallest absolute Gasteiger partial charge is 0.314 e. The maximum absolute atomic E-state index is 11.6. The van der Waals surface area contributed by atoms with Gasteiger partial charge in [-0.25, -0.2) is 4.98 Å². The Morgan fingerprint density at radius 2 is 1.56 bits per heavy atom. The summed E-state index contributed by atoms with van der Waals surface area (Å²) in [6, 6.07) is 29.5. The summed E-state index contributed by atoms with van der Waals surface area (Å²) in [5.74, 6) is 1.33. The average Bonchev–Trinajstić information content (AvgIpc) is 3.72. The Hall–Kier alpha value is -4.91. The molecule has 0 amide bonds. The van der Waals surface area contributed by atoms with Gasteiger partial charge in [0.15, 0.2) is 5.76 Å². The molecule has 2 aromatic heterocycles. The second-order valence-corrected chi connectivity index (χ2v) is 9.78. The maximum Gasteiger partial charge on any atom is 0.314 e. The van der Waals surface area contributed by atoms with E-state index in [1.165, 1.54) is 0 Å². The molecule has 0 aliphatic heterocycles. The van der Waals surface area contributed by atoms with Crippen molar-refractivity contribution in [2.24, 2.45) is 0 Å². The van der Waals surface area contributed by atoms with Crippen molar-refractivity contribution in [1.29, 1.82) is 0 Å². The van der Waals surface area contributed by atoms with Crippen molar-refractivity contribution >= 4 is 17.5 Å². The van der Waals surface area contributed by atoms with Gasteiger partial charge in [0, 0.05) is 11.1 Å². The molecule has 2 heterocycles. The number of aryl methyl sites for hydroxylation is 1. The summed E-state index contributed by atoms with van der Waals surface area (Å²) >= 11 is 0. The Morgan fingerprint density at radius 3 is 2.23 bits per heavy atom. The molecule has 0 atom stereocenters. The lowest BCUT2D eigenvalue weighted by Gasteiger charge is -2.11. The van der Waals surface area contributed by atoms with Crippen LogP contribution < -0.4 is 10.1 Å². The fourth-order valence-electron chi connectivity index (χ4n) is 4.84. The van der Waals surface area contributed by atoms with Gasteiger partial charge in [0.2, 0.25) is 0 Å². The third-order valence-corrected chi connectivity index (χ3v) is 7.31. The number of carboxylic acid groups (broad SMARTS) is 1. The number of nitrogens with zero attached hydrogens (tertiary/aromatic N) is 2. The minimum absolute atomic E-state index is 0.625. The molecule has 0 saturated heterocycles. The number of aliphatic carboxylic acids is 1. The lowest BCUT2D eigenvalue weighted by Crippen LogP contribution is -2.19. The first-order chi connectivity index (χ1) is 19.0. The molecule has 194 valence electrons. The fraction of sp³-hybridized carbons (Fsp3) is 0.156. The van der Waals surface area contributed by atoms with Crippen LogP contribution in [-0.2, 0) is 10.2 Å². The topological polar surface area (TPSA) is 97.5 Å². The molecule has 5 aromatic rings. The predicted octanol–water partition coefficient (Wildman–Crippen LogP) is 7.25. The zero-order chi connectivity index (χ0) is 27.0. The molecule has 2 N–H and O–H groups in total. The number of aromatic nitrogens is 2. The summed E-state index contributed by atoms with van der Waals surface area (Å²) < 4.78 is 11.1. The first-order valence-corrected chi connectivity index (χ1v) is 12.8. The van der Waals surface area contributed by atoms with Crippen LogP contribution in [0.15, 0.2) is 95.5 Å². The van der Waals surface area contributed by atoms with E-state index in [0.29, 0.717) is 24.4 Å². The SMILES string of the molecule is COc1cccc(-c2cccc(Nc3c(C)noc3-c3ccc(-c4ccc(C5(C(=O)O)CC5)cc4)cc3)n2)c1. The van der Waals surface area contributed by atoms with E-state index in [4.69, 9.17) is 14.2 Å². The van der Waals surface area contributed by atoms with Gasteiger partial charge in [0.1, 0.15) is 22.9 Å². The highest BCUT2D eigenvalue weighted by Crippen LogP contribution is 2.48. The maximum atomic E-state index is 11.6. The van der Waals surface area contributed by atoms with E-state index in [9.17, 15) is 9.90 Å². The van der Waals surface area contributed by atoms with Gasteiger partial charge in [-0.05, 0) is 60.7 Å². The van der Waals surface area contributed by atoms with E-state index >= 15 is 0 Å².